The zero-order valence-electron chi connectivity index (χ0n) is 21.0. The van der Waals surface area contributed by atoms with Crippen LogP contribution in [0.2, 0.25) is 5.02 Å². The number of halogens is 2. The summed E-state index contributed by atoms with van der Waals surface area (Å²) >= 11 is 9.59. The van der Waals surface area contributed by atoms with Crippen LogP contribution in [0.5, 0.6) is 17.2 Å². The first-order chi connectivity index (χ1) is 19.0. The number of hydrogen-bond donors (Lipinski definition) is 1. The van der Waals surface area contributed by atoms with Gasteiger partial charge in [-0.2, -0.15) is 5.26 Å². The van der Waals surface area contributed by atoms with E-state index in [0.29, 0.717) is 40.1 Å². The number of rotatable bonds is 10. The molecule has 0 saturated carbocycles. The van der Waals surface area contributed by atoms with E-state index in [9.17, 15) is 10.1 Å². The number of para-hydroxylation sites is 1. The van der Waals surface area contributed by atoms with Gasteiger partial charge in [-0.3, -0.25) is 4.79 Å². The SMILES string of the molecule is COc1cc(COc2ccc(Br)cc2/C=C(\C#N)C(=O)Nc2ccccc2Cl)ccc1OCc1ccccc1. The quantitative estimate of drug-likeness (QED) is 0.148. The largest absolute Gasteiger partial charge is 0.493 e. The van der Waals surface area contributed by atoms with E-state index in [1.165, 1.54) is 6.08 Å². The van der Waals surface area contributed by atoms with Crippen molar-refractivity contribution in [1.82, 2.24) is 0 Å². The third-order valence-corrected chi connectivity index (χ3v) is 6.44. The smallest absolute Gasteiger partial charge is 0.266 e. The van der Waals surface area contributed by atoms with Crippen LogP contribution < -0.4 is 19.5 Å². The van der Waals surface area contributed by atoms with E-state index < -0.39 is 5.91 Å². The number of nitrogens with zero attached hydrogens (tertiary/aromatic N) is 1. The first-order valence-corrected chi connectivity index (χ1v) is 13.1. The molecule has 1 N–H and O–H groups in total. The predicted octanol–water partition coefficient (Wildman–Crippen LogP) is 7.81. The number of nitriles is 1. The van der Waals surface area contributed by atoms with Gasteiger partial charge in [0, 0.05) is 10.0 Å². The highest BCUT2D eigenvalue weighted by molar-refractivity contribution is 9.10. The second-order valence-electron chi connectivity index (χ2n) is 8.33. The van der Waals surface area contributed by atoms with Gasteiger partial charge in [-0.05, 0) is 59.7 Å². The monoisotopic (exact) mass is 602 g/mol. The van der Waals surface area contributed by atoms with Gasteiger partial charge in [-0.25, -0.2) is 0 Å². The summed E-state index contributed by atoms with van der Waals surface area (Å²) in [5.74, 6) is 1.14. The molecule has 0 spiro atoms. The Hall–Kier alpha value is -4.25. The molecule has 4 aromatic carbocycles. The third-order valence-electron chi connectivity index (χ3n) is 5.62. The lowest BCUT2D eigenvalue weighted by atomic mass is 10.1. The number of hydrogen-bond acceptors (Lipinski definition) is 5. The second kappa shape index (κ2) is 13.5. The van der Waals surface area contributed by atoms with Crippen molar-refractivity contribution in [3.63, 3.8) is 0 Å². The van der Waals surface area contributed by atoms with E-state index >= 15 is 0 Å². The van der Waals surface area contributed by atoms with Crippen LogP contribution in [0, 0.1) is 11.3 Å². The molecule has 0 radical (unpaired) electrons. The minimum atomic E-state index is -0.577. The normalized spacial score (nSPS) is 10.9. The maximum Gasteiger partial charge on any atom is 0.266 e. The van der Waals surface area contributed by atoms with E-state index in [0.717, 1.165) is 15.6 Å². The fraction of sp³-hybridized carbons (Fsp3) is 0.0968. The Morgan fingerprint density at radius 1 is 0.897 bits per heavy atom. The minimum Gasteiger partial charge on any atom is -0.493 e. The molecule has 0 unspecified atom stereocenters. The molecule has 8 heteroatoms. The molecular formula is C31H24BrClN2O4. The number of carbonyl (C=O) groups is 1. The second-order valence-corrected chi connectivity index (χ2v) is 9.66. The first kappa shape index (κ1) is 27.8. The van der Waals surface area contributed by atoms with Gasteiger partial charge in [-0.15, -0.1) is 0 Å². The summed E-state index contributed by atoms with van der Waals surface area (Å²) < 4.78 is 18.3. The van der Waals surface area contributed by atoms with Crippen LogP contribution in [0.1, 0.15) is 16.7 Å². The van der Waals surface area contributed by atoms with E-state index in [-0.39, 0.29) is 12.2 Å². The molecule has 0 heterocycles. The van der Waals surface area contributed by atoms with Gasteiger partial charge in [0.2, 0.25) is 0 Å². The van der Waals surface area contributed by atoms with Crippen LogP contribution in [0.3, 0.4) is 0 Å². The fourth-order valence-electron chi connectivity index (χ4n) is 3.64. The topological polar surface area (TPSA) is 80.6 Å². The lowest BCUT2D eigenvalue weighted by molar-refractivity contribution is -0.112. The lowest BCUT2D eigenvalue weighted by Gasteiger charge is -2.14. The first-order valence-electron chi connectivity index (χ1n) is 11.9. The molecule has 0 bridgehead atoms. The van der Waals surface area contributed by atoms with Crippen molar-refractivity contribution in [2.45, 2.75) is 13.2 Å². The molecule has 0 atom stereocenters. The molecule has 0 aliphatic heterocycles. The number of amides is 1. The maximum absolute atomic E-state index is 12.8. The molecule has 6 nitrogen and oxygen atoms in total. The number of benzene rings is 4. The molecule has 39 heavy (non-hydrogen) atoms. The highest BCUT2D eigenvalue weighted by Crippen LogP contribution is 2.31. The number of ether oxygens (including phenoxy) is 3. The average Bonchev–Trinajstić information content (AvgIpc) is 2.96. The highest BCUT2D eigenvalue weighted by atomic mass is 79.9. The Kier molecular flexibility index (Phi) is 9.63. The summed E-state index contributed by atoms with van der Waals surface area (Å²) in [6.07, 6.45) is 1.48. The van der Waals surface area contributed by atoms with Gasteiger partial charge in [0.15, 0.2) is 11.5 Å². The molecule has 0 saturated heterocycles. The van der Waals surface area contributed by atoms with Crippen LogP contribution in [0.15, 0.2) is 101 Å². The van der Waals surface area contributed by atoms with Gasteiger partial charge in [0.1, 0.15) is 30.6 Å². The fourth-order valence-corrected chi connectivity index (χ4v) is 4.20. The van der Waals surface area contributed by atoms with Crippen molar-refractivity contribution < 1.29 is 19.0 Å². The summed E-state index contributed by atoms with van der Waals surface area (Å²) in [5, 5.41) is 12.7. The zero-order valence-corrected chi connectivity index (χ0v) is 23.3. The molecule has 0 aromatic heterocycles. The molecule has 4 aromatic rings. The number of methoxy groups -OCH3 is 1. The van der Waals surface area contributed by atoms with Crippen molar-refractivity contribution in [3.8, 4) is 23.3 Å². The molecule has 1 amide bonds. The maximum atomic E-state index is 12.8. The Balaban J connectivity index is 1.49. The Morgan fingerprint density at radius 3 is 2.33 bits per heavy atom. The summed E-state index contributed by atoms with van der Waals surface area (Å²) in [4.78, 5) is 12.8. The van der Waals surface area contributed by atoms with Crippen LogP contribution >= 0.6 is 27.5 Å². The highest BCUT2D eigenvalue weighted by Gasteiger charge is 2.14. The lowest BCUT2D eigenvalue weighted by Crippen LogP contribution is -2.13. The summed E-state index contributed by atoms with van der Waals surface area (Å²) in [6, 6.07) is 29.6. The van der Waals surface area contributed by atoms with E-state index in [1.54, 1.807) is 43.5 Å². The van der Waals surface area contributed by atoms with Crippen molar-refractivity contribution >= 4 is 45.2 Å². The standard InChI is InChI=1S/C31H24BrClN2O4/c1-37-30-15-22(11-13-29(30)39-19-21-7-3-2-4-8-21)20-38-28-14-12-25(32)17-23(28)16-24(18-34)31(36)35-27-10-6-5-9-26(27)33/h2-17H,19-20H2,1H3,(H,35,36)/b24-16+. The van der Waals surface area contributed by atoms with Gasteiger partial charge in [-0.1, -0.05) is 76.1 Å². The summed E-state index contributed by atoms with van der Waals surface area (Å²) in [5.41, 5.74) is 2.79. The Morgan fingerprint density at radius 2 is 1.59 bits per heavy atom. The zero-order chi connectivity index (χ0) is 27.6. The molecule has 196 valence electrons. The van der Waals surface area contributed by atoms with Crippen molar-refractivity contribution in [2.75, 3.05) is 12.4 Å². The molecule has 4 rings (SSSR count). The van der Waals surface area contributed by atoms with Gasteiger partial charge in [0.05, 0.1) is 17.8 Å². The van der Waals surface area contributed by atoms with E-state index in [4.69, 9.17) is 25.8 Å². The minimum absolute atomic E-state index is 0.0977. The van der Waals surface area contributed by atoms with Crippen LogP contribution in [-0.2, 0) is 18.0 Å². The van der Waals surface area contributed by atoms with Crippen LogP contribution in [0.25, 0.3) is 6.08 Å². The van der Waals surface area contributed by atoms with E-state index in [1.807, 2.05) is 60.7 Å². The van der Waals surface area contributed by atoms with Gasteiger partial charge >= 0.3 is 0 Å². The van der Waals surface area contributed by atoms with Gasteiger partial charge in [0.25, 0.3) is 5.91 Å². The molecule has 0 fully saturated rings. The summed E-state index contributed by atoms with van der Waals surface area (Å²) in [7, 11) is 1.59. The Bertz CT molecular complexity index is 1530. The van der Waals surface area contributed by atoms with Crippen molar-refractivity contribution in [3.05, 3.63) is 123 Å². The van der Waals surface area contributed by atoms with Crippen molar-refractivity contribution in [2.24, 2.45) is 0 Å². The molecule has 0 aliphatic rings. The van der Waals surface area contributed by atoms with E-state index in [2.05, 4.69) is 21.2 Å². The third kappa shape index (κ3) is 7.64. The summed E-state index contributed by atoms with van der Waals surface area (Å²) in [6.45, 7) is 0.651. The number of nitrogens with one attached hydrogen (secondary N) is 1. The Labute approximate surface area is 240 Å². The average molecular weight is 604 g/mol. The van der Waals surface area contributed by atoms with Crippen LogP contribution in [0.4, 0.5) is 5.69 Å². The van der Waals surface area contributed by atoms with Crippen LogP contribution in [-0.4, -0.2) is 13.0 Å². The number of carbonyl (C=O) groups excluding carboxylic acids is 1. The molecule has 0 aliphatic carbocycles. The predicted molar refractivity (Wildman–Crippen MR) is 156 cm³/mol. The number of anilines is 1. The van der Waals surface area contributed by atoms with Crippen molar-refractivity contribution in [1.29, 1.82) is 5.26 Å². The van der Waals surface area contributed by atoms with Gasteiger partial charge < -0.3 is 19.5 Å². The molecular weight excluding hydrogens is 580 g/mol.